The van der Waals surface area contributed by atoms with Gasteiger partial charge in [0, 0.05) is 0 Å². The van der Waals surface area contributed by atoms with E-state index in [4.69, 9.17) is 4.74 Å². The van der Waals surface area contributed by atoms with Crippen LogP contribution >= 0.6 is 0 Å². The van der Waals surface area contributed by atoms with Gasteiger partial charge in [-0.1, -0.05) is 23.4 Å². The molecule has 0 spiro atoms. The maximum atomic E-state index is 12.5. The Morgan fingerprint density at radius 3 is 2.74 bits per heavy atom. The molecule has 0 unspecified atom stereocenters. The van der Waals surface area contributed by atoms with Crippen LogP contribution < -0.4 is 5.56 Å². The van der Waals surface area contributed by atoms with Crippen molar-refractivity contribution in [3.05, 3.63) is 47.0 Å². The van der Waals surface area contributed by atoms with Crippen LogP contribution in [0, 0.1) is 0 Å². The summed E-state index contributed by atoms with van der Waals surface area (Å²) in [7, 11) is 0. The highest BCUT2D eigenvalue weighted by Gasteiger charge is 2.21. The molecule has 3 rings (SSSR count). The summed E-state index contributed by atoms with van der Waals surface area (Å²) in [5.41, 5.74) is 0.761. The summed E-state index contributed by atoms with van der Waals surface area (Å²) in [6.07, 6.45) is 1.31. The first-order valence-electron chi connectivity index (χ1n) is 7.18. The van der Waals surface area contributed by atoms with Crippen molar-refractivity contribution in [2.24, 2.45) is 0 Å². The number of nitrogens with zero attached hydrogens (tertiary/aromatic N) is 5. The molecule has 8 nitrogen and oxygen atoms in total. The van der Waals surface area contributed by atoms with Crippen molar-refractivity contribution in [3.8, 4) is 5.69 Å². The zero-order valence-corrected chi connectivity index (χ0v) is 12.7. The lowest BCUT2D eigenvalue weighted by atomic mass is 10.3. The molecule has 0 bridgehead atoms. The number of aromatic nitrogens is 5. The zero-order chi connectivity index (χ0) is 16.4. The highest BCUT2D eigenvalue weighted by atomic mass is 16.5. The number of hydrogen-bond donors (Lipinski definition) is 0. The van der Waals surface area contributed by atoms with Gasteiger partial charge in [-0.15, -0.1) is 5.10 Å². The second kappa shape index (κ2) is 5.99. The van der Waals surface area contributed by atoms with Crippen LogP contribution in [-0.4, -0.2) is 37.1 Å². The second-order valence-corrected chi connectivity index (χ2v) is 4.89. The smallest absolute Gasteiger partial charge is 0.328 e. The Morgan fingerprint density at radius 1 is 1.30 bits per heavy atom. The summed E-state index contributed by atoms with van der Waals surface area (Å²) in [5.74, 6) is -0.494. The van der Waals surface area contributed by atoms with E-state index in [2.05, 4.69) is 15.3 Å². The van der Waals surface area contributed by atoms with Crippen molar-refractivity contribution >= 4 is 17.1 Å². The van der Waals surface area contributed by atoms with Gasteiger partial charge in [-0.2, -0.15) is 4.68 Å². The van der Waals surface area contributed by atoms with Gasteiger partial charge in [0.05, 0.1) is 12.3 Å². The average Bonchev–Trinajstić information content (AvgIpc) is 3.00. The van der Waals surface area contributed by atoms with Crippen molar-refractivity contribution < 1.29 is 9.53 Å². The molecule has 0 N–H and O–H groups in total. The van der Waals surface area contributed by atoms with Crippen LogP contribution in [0.4, 0.5) is 0 Å². The van der Waals surface area contributed by atoms with Gasteiger partial charge >= 0.3 is 5.97 Å². The number of para-hydroxylation sites is 1. The van der Waals surface area contributed by atoms with Gasteiger partial charge < -0.3 is 4.74 Å². The van der Waals surface area contributed by atoms with Gasteiger partial charge in [-0.05, 0) is 26.0 Å². The highest BCUT2D eigenvalue weighted by Crippen LogP contribution is 2.12. The van der Waals surface area contributed by atoms with Gasteiger partial charge in [0.25, 0.3) is 5.56 Å². The van der Waals surface area contributed by atoms with E-state index in [-0.39, 0.29) is 12.1 Å². The van der Waals surface area contributed by atoms with E-state index in [0.717, 1.165) is 5.69 Å². The van der Waals surface area contributed by atoms with Gasteiger partial charge in [-0.25, -0.2) is 9.78 Å². The summed E-state index contributed by atoms with van der Waals surface area (Å²) in [6, 6.07) is 8.48. The third-order valence-corrected chi connectivity index (χ3v) is 3.43. The Bertz CT molecular complexity index is 900. The van der Waals surface area contributed by atoms with Crippen molar-refractivity contribution in [2.75, 3.05) is 6.61 Å². The molecule has 2 heterocycles. The molecule has 0 radical (unpaired) electrons. The summed E-state index contributed by atoms with van der Waals surface area (Å²) in [4.78, 5) is 28.6. The first-order valence-corrected chi connectivity index (χ1v) is 7.18. The predicted molar refractivity (Wildman–Crippen MR) is 82.3 cm³/mol. The Labute approximate surface area is 131 Å². The van der Waals surface area contributed by atoms with E-state index in [9.17, 15) is 9.59 Å². The van der Waals surface area contributed by atoms with Crippen LogP contribution in [0.5, 0.6) is 0 Å². The molecule has 0 fully saturated rings. The minimum Gasteiger partial charge on any atom is -0.464 e. The van der Waals surface area contributed by atoms with Crippen LogP contribution in [0.1, 0.15) is 19.9 Å². The first-order chi connectivity index (χ1) is 11.1. The number of fused-ring (bicyclic) bond motifs is 1. The van der Waals surface area contributed by atoms with Crippen LogP contribution in [0.2, 0.25) is 0 Å². The third-order valence-electron chi connectivity index (χ3n) is 3.43. The van der Waals surface area contributed by atoms with E-state index in [0.29, 0.717) is 5.65 Å². The molecular weight excluding hydrogens is 298 g/mol. The Balaban J connectivity index is 2.08. The van der Waals surface area contributed by atoms with Gasteiger partial charge in [0.15, 0.2) is 11.2 Å². The van der Waals surface area contributed by atoms with E-state index in [1.165, 1.54) is 15.6 Å². The fourth-order valence-electron chi connectivity index (χ4n) is 2.22. The number of ether oxygens (including phenoxy) is 1. The molecule has 3 aromatic rings. The molecule has 2 aromatic heterocycles. The monoisotopic (exact) mass is 313 g/mol. The molecule has 23 heavy (non-hydrogen) atoms. The standard InChI is InChI=1S/C15H15N5O3/c1-3-23-15(22)10(2)19-9-16-13-12(14(19)21)17-18-20(13)11-7-5-4-6-8-11/h4-10H,3H2,1-2H3/t10-/m1/s1. The summed E-state index contributed by atoms with van der Waals surface area (Å²) >= 11 is 0. The topological polar surface area (TPSA) is 91.9 Å². The number of esters is 1. The van der Waals surface area contributed by atoms with Crippen LogP contribution in [-0.2, 0) is 9.53 Å². The van der Waals surface area contributed by atoms with Crippen molar-refractivity contribution in [2.45, 2.75) is 19.9 Å². The number of benzene rings is 1. The molecule has 8 heteroatoms. The van der Waals surface area contributed by atoms with Crippen LogP contribution in [0.3, 0.4) is 0 Å². The molecule has 1 aromatic carbocycles. The molecule has 0 saturated carbocycles. The van der Waals surface area contributed by atoms with Gasteiger partial charge in [0.2, 0.25) is 0 Å². The molecule has 0 aliphatic carbocycles. The second-order valence-electron chi connectivity index (χ2n) is 4.89. The quantitative estimate of drug-likeness (QED) is 0.670. The molecule has 0 saturated heterocycles. The maximum Gasteiger partial charge on any atom is 0.328 e. The van der Waals surface area contributed by atoms with Crippen LogP contribution in [0.25, 0.3) is 16.9 Å². The summed E-state index contributed by atoms with van der Waals surface area (Å²) in [6.45, 7) is 3.53. The number of carbonyl (C=O) groups is 1. The molecule has 1 atom stereocenters. The zero-order valence-electron chi connectivity index (χ0n) is 12.7. The minimum absolute atomic E-state index is 0.104. The maximum absolute atomic E-state index is 12.5. The molecule has 0 amide bonds. The highest BCUT2D eigenvalue weighted by molar-refractivity contribution is 5.75. The van der Waals surface area contributed by atoms with E-state index in [1.807, 2.05) is 30.3 Å². The lowest BCUT2D eigenvalue weighted by Crippen LogP contribution is -2.29. The third kappa shape index (κ3) is 2.59. The molecule has 118 valence electrons. The lowest BCUT2D eigenvalue weighted by molar-refractivity contribution is -0.146. The SMILES string of the molecule is CCOC(=O)[C@@H](C)n1cnc2c(nnn2-c2ccccc2)c1=O. The fourth-order valence-corrected chi connectivity index (χ4v) is 2.22. The fraction of sp³-hybridized carbons (Fsp3) is 0.267. The van der Waals surface area contributed by atoms with Crippen molar-refractivity contribution in [1.82, 2.24) is 24.5 Å². The molecule has 0 aliphatic heterocycles. The molecule has 0 aliphatic rings. The first kappa shape index (κ1) is 14.9. The van der Waals surface area contributed by atoms with E-state index in [1.54, 1.807) is 13.8 Å². The van der Waals surface area contributed by atoms with Gasteiger partial charge in [-0.3, -0.25) is 9.36 Å². The largest absolute Gasteiger partial charge is 0.464 e. The minimum atomic E-state index is -0.777. The van der Waals surface area contributed by atoms with E-state index < -0.39 is 17.6 Å². The Kier molecular flexibility index (Phi) is 3.88. The van der Waals surface area contributed by atoms with Gasteiger partial charge in [0.1, 0.15) is 12.4 Å². The number of carbonyl (C=O) groups excluding carboxylic acids is 1. The molecular formula is C15H15N5O3. The van der Waals surface area contributed by atoms with Crippen molar-refractivity contribution in [3.63, 3.8) is 0 Å². The Morgan fingerprint density at radius 2 is 2.04 bits per heavy atom. The summed E-state index contributed by atoms with van der Waals surface area (Å²) < 4.78 is 7.61. The van der Waals surface area contributed by atoms with E-state index >= 15 is 0 Å². The Hall–Kier alpha value is -3.03. The predicted octanol–water partition coefficient (Wildman–Crippen LogP) is 1.10. The number of rotatable bonds is 4. The average molecular weight is 313 g/mol. The number of hydrogen-bond acceptors (Lipinski definition) is 6. The lowest BCUT2D eigenvalue weighted by Gasteiger charge is -2.12. The van der Waals surface area contributed by atoms with Crippen molar-refractivity contribution in [1.29, 1.82) is 0 Å². The normalized spacial score (nSPS) is 12.3. The summed E-state index contributed by atoms with van der Waals surface area (Å²) in [5, 5.41) is 7.89. The van der Waals surface area contributed by atoms with Crippen LogP contribution in [0.15, 0.2) is 41.5 Å².